The van der Waals surface area contributed by atoms with E-state index in [9.17, 15) is 39.6 Å². The van der Waals surface area contributed by atoms with Gasteiger partial charge in [-0.05, 0) is 36.8 Å². The molecule has 2 aliphatic rings. The van der Waals surface area contributed by atoms with Gasteiger partial charge in [0, 0.05) is 23.0 Å². The van der Waals surface area contributed by atoms with Gasteiger partial charge in [-0.15, -0.1) is 0 Å². The summed E-state index contributed by atoms with van der Waals surface area (Å²) in [4.78, 5) is 46.1. The number of aliphatic hydroxyl groups is 2. The summed E-state index contributed by atoms with van der Waals surface area (Å²) in [7, 11) is 8.22. The topological polar surface area (TPSA) is 155 Å². The Balaban J connectivity index is 0.000000594. The van der Waals surface area contributed by atoms with Gasteiger partial charge in [-0.25, -0.2) is 0 Å². The smallest absolute Gasteiger partial charge is 0.216 e. The molecule has 0 spiro atoms. The first kappa shape index (κ1) is 48.8. The molecule has 5 rings (SSSR count). The molecule has 0 bridgehead atoms. The van der Waals surface area contributed by atoms with Crippen LogP contribution in [0.3, 0.4) is 0 Å². The fourth-order valence-corrected chi connectivity index (χ4v) is 7.15. The lowest BCUT2D eigenvalue weighted by Crippen LogP contribution is -3.00. The molecule has 54 heavy (non-hydrogen) atoms. The molecule has 2 saturated carbocycles. The van der Waals surface area contributed by atoms with E-state index >= 15 is 0 Å². The lowest BCUT2D eigenvalue weighted by molar-refractivity contribution is -0.886. The number of hydrogen-bond acceptors (Lipinski definition) is 8. The summed E-state index contributed by atoms with van der Waals surface area (Å²) in [5.74, 6) is -1.61. The minimum absolute atomic E-state index is 0. The summed E-state index contributed by atoms with van der Waals surface area (Å²) in [5.41, 5.74) is 1.70. The number of aromatic carboxylic acids is 2. The van der Waals surface area contributed by atoms with E-state index in [1.807, 2.05) is 0 Å². The van der Waals surface area contributed by atoms with Crippen molar-refractivity contribution < 1.29 is 82.5 Å². The first-order valence-electron chi connectivity index (χ1n) is 18.3. The van der Waals surface area contributed by atoms with Crippen LogP contribution in [-0.2, 0) is 0 Å². The van der Waals surface area contributed by atoms with Crippen molar-refractivity contribution in [2.24, 2.45) is 11.8 Å². The molecule has 10 nitrogen and oxygen atoms in total. The number of carbonyl (C=O) groups is 4. The zero-order valence-electron chi connectivity index (χ0n) is 31.9. The number of Topliss-reactive ketones (excluding diaryl/α,β-unsaturated/α-hetero) is 2. The van der Waals surface area contributed by atoms with Gasteiger partial charge in [0.15, 0.2) is 0 Å². The number of ketones is 2. The summed E-state index contributed by atoms with van der Waals surface area (Å²) in [6.07, 6.45) is 7.78. The van der Waals surface area contributed by atoms with Crippen molar-refractivity contribution in [3.8, 4) is 0 Å². The van der Waals surface area contributed by atoms with Crippen molar-refractivity contribution in [2.75, 3.05) is 54.4 Å². The van der Waals surface area contributed by atoms with Crippen molar-refractivity contribution in [2.45, 2.75) is 63.6 Å². The largest absolute Gasteiger partial charge is 1.00 e. The van der Waals surface area contributed by atoms with E-state index in [1.165, 1.54) is 24.3 Å². The van der Waals surface area contributed by atoms with Crippen LogP contribution in [0.2, 0.25) is 0 Å². The molecule has 298 valence electrons. The molecule has 0 aromatic heterocycles. The number of likely N-dealkylation sites (N-methyl/N-ethyl adjacent to an activating group) is 2. The van der Waals surface area contributed by atoms with E-state index in [0.717, 1.165) is 64.5 Å². The zero-order valence-corrected chi connectivity index (χ0v) is 35.0. The quantitative estimate of drug-likeness (QED) is 0.149. The predicted molar refractivity (Wildman–Crippen MR) is 196 cm³/mol. The monoisotopic (exact) mass is 874 g/mol. The van der Waals surface area contributed by atoms with Crippen LogP contribution in [0.1, 0.15) is 92.8 Å². The van der Waals surface area contributed by atoms with Gasteiger partial charge < -0.3 is 72.9 Å². The molecule has 3 aromatic rings. The molecule has 0 saturated heterocycles. The Labute approximate surface area is 341 Å². The highest BCUT2D eigenvalue weighted by atomic mass is 79.9. The number of carbonyl (C=O) groups excluding carboxylic acids is 4. The second-order valence-electron chi connectivity index (χ2n) is 15.5. The summed E-state index contributed by atoms with van der Waals surface area (Å²) < 4.78 is 1.11. The van der Waals surface area contributed by atoms with E-state index in [4.69, 9.17) is 0 Å². The van der Waals surface area contributed by atoms with Crippen molar-refractivity contribution in [1.29, 1.82) is 0 Å². The van der Waals surface area contributed by atoms with Gasteiger partial charge in [-0.2, -0.15) is 0 Å². The molecule has 4 atom stereocenters. The van der Waals surface area contributed by atoms with E-state index in [0.29, 0.717) is 33.2 Å². The molecule has 2 N–H and O–H groups in total. The first-order chi connectivity index (χ1) is 24.6. The molecule has 0 aliphatic heterocycles. The van der Waals surface area contributed by atoms with Gasteiger partial charge in [0.2, 0.25) is 11.6 Å². The second-order valence-corrected chi connectivity index (χ2v) is 15.5. The number of aliphatic hydroxyl groups excluding tert-OH is 2. The molecular weight excluding hydrogens is 820 g/mol. The first-order valence-corrected chi connectivity index (χ1v) is 18.3. The van der Waals surface area contributed by atoms with E-state index < -0.39 is 11.9 Å². The Kier molecular flexibility index (Phi) is 21.3. The van der Waals surface area contributed by atoms with Gasteiger partial charge in [-0.1, -0.05) is 111 Å². The van der Waals surface area contributed by atoms with Crippen LogP contribution in [0.4, 0.5) is 0 Å². The van der Waals surface area contributed by atoms with Gasteiger partial charge in [0.05, 0.1) is 65.4 Å². The van der Waals surface area contributed by atoms with Crippen LogP contribution in [0.15, 0.2) is 84.9 Å². The summed E-state index contributed by atoms with van der Waals surface area (Å²) >= 11 is 0. The zero-order chi connectivity index (χ0) is 38.3. The molecule has 2 fully saturated rings. The van der Waals surface area contributed by atoms with E-state index in [1.54, 1.807) is 60.7 Å². The lowest BCUT2D eigenvalue weighted by Gasteiger charge is -2.36. The number of benzene rings is 3. The Morgan fingerprint density at radius 1 is 0.519 bits per heavy atom. The lowest BCUT2D eigenvalue weighted by atomic mass is 9.85. The summed E-state index contributed by atoms with van der Waals surface area (Å²) in [6, 6.07) is 23.2. The van der Waals surface area contributed by atoms with Crippen LogP contribution in [-0.4, -0.2) is 109 Å². The average Bonchev–Trinajstić information content (AvgIpc) is 3.11. The number of halogens is 2. The number of quaternary nitrogens is 2. The van der Waals surface area contributed by atoms with Gasteiger partial charge >= 0.3 is 0 Å². The number of rotatable bonds is 12. The van der Waals surface area contributed by atoms with Crippen molar-refractivity contribution in [3.05, 3.63) is 107 Å². The minimum atomic E-state index is -1.13. The highest BCUT2D eigenvalue weighted by molar-refractivity contribution is 6.00. The van der Waals surface area contributed by atoms with Crippen LogP contribution >= 0.6 is 0 Å². The third kappa shape index (κ3) is 17.0. The third-order valence-electron chi connectivity index (χ3n) is 9.89. The molecule has 0 heterocycles. The van der Waals surface area contributed by atoms with Crippen LogP contribution in [0, 0.1) is 11.8 Å². The van der Waals surface area contributed by atoms with Crippen molar-refractivity contribution >= 4 is 23.5 Å². The molecule has 4 unspecified atom stereocenters. The number of hydrogen-bond donors (Lipinski definition) is 2. The van der Waals surface area contributed by atoms with Gasteiger partial charge in [0.1, 0.15) is 13.1 Å². The summed E-state index contributed by atoms with van der Waals surface area (Å²) in [5, 5.41) is 40.8. The average molecular weight is 877 g/mol. The maximum absolute atomic E-state index is 13.0. The second kappa shape index (κ2) is 23.6. The van der Waals surface area contributed by atoms with Crippen LogP contribution in [0.25, 0.3) is 0 Å². The Hall–Kier alpha value is -3.26. The van der Waals surface area contributed by atoms with Crippen molar-refractivity contribution in [3.63, 3.8) is 0 Å². The highest BCUT2D eigenvalue weighted by Crippen LogP contribution is 2.28. The van der Waals surface area contributed by atoms with Crippen LogP contribution < -0.4 is 44.2 Å². The maximum atomic E-state index is 13.0. The Bertz CT molecular complexity index is 1470. The fraction of sp³-hybridized carbons (Fsp3) is 0.476. The Morgan fingerprint density at radius 3 is 1.07 bits per heavy atom. The number of carboxylic acids is 2. The predicted octanol–water partition coefficient (Wildman–Crippen LogP) is -2.58. The van der Waals surface area contributed by atoms with E-state index in [-0.39, 0.29) is 80.7 Å². The number of nitrogens with zero attached hydrogens (tertiary/aromatic N) is 2. The normalized spacial score (nSPS) is 19.5. The van der Waals surface area contributed by atoms with Gasteiger partial charge in [0.25, 0.3) is 0 Å². The molecule has 12 heteroatoms. The Morgan fingerprint density at radius 2 is 0.815 bits per heavy atom. The molecule has 0 radical (unpaired) electrons. The third-order valence-corrected chi connectivity index (χ3v) is 9.89. The van der Waals surface area contributed by atoms with Gasteiger partial charge in [-0.3, -0.25) is 9.59 Å². The summed E-state index contributed by atoms with van der Waals surface area (Å²) in [6.45, 7) is 2.35. The molecule has 2 aliphatic carbocycles. The molecular formula is C42H56Br2N2O8-2. The molecule has 3 aromatic carbocycles. The SMILES string of the molecule is C[N+](C)(CC(=O)c1ccc(C(=O)C[N+](C)(C)CC2CCCCC2O)cc1)CC1CCCCC1O.O=C([O-])c1ccccc1.O=C([O-])c1ccccc1.[Br-].[Br-]. The molecule has 0 amide bonds. The fourth-order valence-electron chi connectivity index (χ4n) is 7.15. The standard InChI is InChI=1S/C28H46N2O4.2C7H6O2.2BrH/c1-29(2,17-23-9-5-7-11-25(23)31)19-27(33)21-13-15-22(16-14-21)28(34)20-30(3,4)18-24-10-6-8-12-26(24)32;2*8-7(9)6-4-2-1-3-5-6;;/h13-16,23-26,31-32H,5-12,17-20H2,1-4H3;2*1-5H,(H,8,9);2*1H/q+2;;;;/p-4. The minimum Gasteiger partial charge on any atom is -1.00 e. The maximum Gasteiger partial charge on any atom is 0.216 e. The van der Waals surface area contributed by atoms with E-state index in [2.05, 4.69) is 28.2 Å². The van der Waals surface area contributed by atoms with Crippen molar-refractivity contribution in [1.82, 2.24) is 0 Å². The number of carboxylic acid groups (broad SMARTS) is 2. The highest BCUT2D eigenvalue weighted by Gasteiger charge is 2.33. The van der Waals surface area contributed by atoms with Crippen LogP contribution in [0.5, 0.6) is 0 Å².